The van der Waals surface area contributed by atoms with E-state index in [2.05, 4.69) is 44.7 Å². The first-order valence-corrected chi connectivity index (χ1v) is 10.2. The van der Waals surface area contributed by atoms with Crippen LogP contribution in [0, 0.1) is 0 Å². The normalized spacial score (nSPS) is 20.2. The SMILES string of the molecule is O=C(CCCn1nnnc1CN1CCc2ccccc2C1)N1CCCC(O)C1. The molecule has 28 heavy (non-hydrogen) atoms. The van der Waals surface area contributed by atoms with Gasteiger partial charge in [-0.05, 0) is 47.2 Å². The molecule has 0 radical (unpaired) electrons. The Morgan fingerprint density at radius 3 is 2.93 bits per heavy atom. The molecule has 1 unspecified atom stereocenters. The standard InChI is InChI=1S/C20H28N6O2/c27-18-7-3-10-25(14-18)20(28)8-4-11-26-19(21-22-23-26)15-24-12-9-16-5-1-2-6-17(16)13-24/h1-2,5-6,18,27H,3-4,7-15H2. The first kappa shape index (κ1) is 19.0. The van der Waals surface area contributed by atoms with Crippen LogP contribution in [0.2, 0.25) is 0 Å². The van der Waals surface area contributed by atoms with Crippen molar-refractivity contribution in [2.45, 2.75) is 57.8 Å². The molecule has 1 atom stereocenters. The molecule has 0 saturated carbocycles. The van der Waals surface area contributed by atoms with Crippen molar-refractivity contribution in [3.05, 3.63) is 41.2 Å². The van der Waals surface area contributed by atoms with Gasteiger partial charge in [-0.1, -0.05) is 24.3 Å². The van der Waals surface area contributed by atoms with E-state index in [4.69, 9.17) is 0 Å². The van der Waals surface area contributed by atoms with Gasteiger partial charge in [0.15, 0.2) is 5.82 Å². The summed E-state index contributed by atoms with van der Waals surface area (Å²) in [5, 5.41) is 21.9. The van der Waals surface area contributed by atoms with Gasteiger partial charge in [-0.15, -0.1) is 5.10 Å². The molecule has 1 aromatic carbocycles. The van der Waals surface area contributed by atoms with Gasteiger partial charge >= 0.3 is 0 Å². The molecule has 8 nitrogen and oxygen atoms in total. The number of fused-ring (bicyclic) bond motifs is 1. The highest BCUT2D eigenvalue weighted by atomic mass is 16.3. The Balaban J connectivity index is 1.27. The van der Waals surface area contributed by atoms with Crippen LogP contribution in [0.4, 0.5) is 0 Å². The number of β-amino-alcohol motifs (C(OH)–C–C–N with tert-alkyl or cyclic N) is 1. The minimum absolute atomic E-state index is 0.112. The van der Waals surface area contributed by atoms with Crippen molar-refractivity contribution < 1.29 is 9.90 Å². The molecule has 8 heteroatoms. The molecule has 1 saturated heterocycles. The molecule has 1 amide bonds. The van der Waals surface area contributed by atoms with Crippen molar-refractivity contribution in [2.75, 3.05) is 19.6 Å². The third-order valence-corrected chi connectivity index (χ3v) is 5.69. The van der Waals surface area contributed by atoms with E-state index in [1.165, 1.54) is 11.1 Å². The summed E-state index contributed by atoms with van der Waals surface area (Å²) in [7, 11) is 0. The number of hydrogen-bond acceptors (Lipinski definition) is 6. The van der Waals surface area contributed by atoms with Gasteiger partial charge in [0.25, 0.3) is 0 Å². The van der Waals surface area contributed by atoms with Gasteiger partial charge in [-0.3, -0.25) is 9.69 Å². The first-order valence-electron chi connectivity index (χ1n) is 10.2. The van der Waals surface area contributed by atoms with Crippen LogP contribution in [0.25, 0.3) is 0 Å². The lowest BCUT2D eigenvalue weighted by atomic mass is 10.00. The molecule has 1 fully saturated rings. The zero-order chi connectivity index (χ0) is 19.3. The van der Waals surface area contributed by atoms with E-state index < -0.39 is 0 Å². The van der Waals surface area contributed by atoms with Crippen molar-refractivity contribution in [1.29, 1.82) is 0 Å². The van der Waals surface area contributed by atoms with Crippen LogP contribution in [0.1, 0.15) is 42.6 Å². The number of rotatable bonds is 6. The van der Waals surface area contributed by atoms with Crippen LogP contribution in [0.15, 0.2) is 24.3 Å². The quantitative estimate of drug-likeness (QED) is 0.799. The maximum absolute atomic E-state index is 12.3. The van der Waals surface area contributed by atoms with E-state index in [0.717, 1.165) is 44.7 Å². The number of aliphatic hydroxyl groups is 1. The summed E-state index contributed by atoms with van der Waals surface area (Å²) in [4.78, 5) is 16.5. The molecule has 1 N–H and O–H groups in total. The Morgan fingerprint density at radius 2 is 2.07 bits per heavy atom. The number of carbonyl (C=O) groups excluding carboxylic acids is 1. The molecule has 2 aromatic rings. The summed E-state index contributed by atoms with van der Waals surface area (Å²) in [5.74, 6) is 0.959. The Bertz CT molecular complexity index is 807. The van der Waals surface area contributed by atoms with Crippen molar-refractivity contribution in [1.82, 2.24) is 30.0 Å². The lowest BCUT2D eigenvalue weighted by Crippen LogP contribution is -2.42. The number of aryl methyl sites for hydroxylation is 1. The monoisotopic (exact) mass is 384 g/mol. The van der Waals surface area contributed by atoms with Crippen molar-refractivity contribution in [2.24, 2.45) is 0 Å². The second-order valence-corrected chi connectivity index (χ2v) is 7.79. The molecule has 0 bridgehead atoms. The maximum atomic E-state index is 12.3. The number of aliphatic hydroxyl groups excluding tert-OH is 1. The number of carbonyl (C=O) groups is 1. The number of aromatic nitrogens is 4. The molecule has 150 valence electrons. The summed E-state index contributed by atoms with van der Waals surface area (Å²) in [6, 6.07) is 8.58. The van der Waals surface area contributed by atoms with Crippen molar-refractivity contribution >= 4 is 5.91 Å². The lowest BCUT2D eigenvalue weighted by molar-refractivity contribution is -0.134. The highest BCUT2D eigenvalue weighted by molar-refractivity contribution is 5.76. The number of likely N-dealkylation sites (tertiary alicyclic amines) is 1. The Kier molecular flexibility index (Phi) is 5.97. The topological polar surface area (TPSA) is 87.4 Å². The fourth-order valence-electron chi connectivity index (χ4n) is 4.12. The Labute approximate surface area is 165 Å². The van der Waals surface area contributed by atoms with Gasteiger partial charge in [0, 0.05) is 39.1 Å². The average Bonchev–Trinajstić information content (AvgIpc) is 3.14. The summed E-state index contributed by atoms with van der Waals surface area (Å²) in [6.45, 7) is 4.48. The predicted molar refractivity (Wildman–Crippen MR) is 103 cm³/mol. The Morgan fingerprint density at radius 1 is 1.21 bits per heavy atom. The number of amides is 1. The summed E-state index contributed by atoms with van der Waals surface area (Å²) < 4.78 is 1.82. The third kappa shape index (κ3) is 4.56. The minimum Gasteiger partial charge on any atom is -0.391 e. The van der Waals surface area contributed by atoms with Gasteiger partial charge in [0.2, 0.25) is 5.91 Å². The molecule has 4 rings (SSSR count). The van der Waals surface area contributed by atoms with Crippen LogP contribution in [0.5, 0.6) is 0 Å². The van der Waals surface area contributed by atoms with E-state index in [9.17, 15) is 9.90 Å². The largest absolute Gasteiger partial charge is 0.391 e. The zero-order valence-corrected chi connectivity index (χ0v) is 16.2. The van der Waals surface area contributed by atoms with Crippen LogP contribution in [-0.2, 0) is 30.8 Å². The third-order valence-electron chi connectivity index (χ3n) is 5.69. The van der Waals surface area contributed by atoms with E-state index in [0.29, 0.717) is 32.5 Å². The molecular weight excluding hydrogens is 356 g/mol. The van der Waals surface area contributed by atoms with Gasteiger partial charge < -0.3 is 10.0 Å². The molecule has 3 heterocycles. The van der Waals surface area contributed by atoms with Crippen LogP contribution < -0.4 is 0 Å². The second-order valence-electron chi connectivity index (χ2n) is 7.79. The van der Waals surface area contributed by atoms with Gasteiger partial charge in [-0.2, -0.15) is 0 Å². The first-order chi connectivity index (χ1) is 13.7. The predicted octanol–water partition coefficient (Wildman–Crippen LogP) is 0.995. The van der Waals surface area contributed by atoms with Crippen LogP contribution in [0.3, 0.4) is 0 Å². The van der Waals surface area contributed by atoms with E-state index in [1.807, 2.05) is 4.68 Å². The second kappa shape index (κ2) is 8.79. The zero-order valence-electron chi connectivity index (χ0n) is 16.2. The number of nitrogens with zero attached hydrogens (tertiary/aromatic N) is 6. The Hall–Kier alpha value is -2.32. The fourth-order valence-corrected chi connectivity index (χ4v) is 4.12. The highest BCUT2D eigenvalue weighted by Gasteiger charge is 2.22. The smallest absolute Gasteiger partial charge is 0.222 e. The van der Waals surface area contributed by atoms with Crippen molar-refractivity contribution in [3.63, 3.8) is 0 Å². The molecule has 2 aliphatic rings. The van der Waals surface area contributed by atoms with E-state index >= 15 is 0 Å². The summed E-state index contributed by atoms with van der Waals surface area (Å²) in [6.07, 6.45) is 3.50. The maximum Gasteiger partial charge on any atom is 0.222 e. The number of hydrogen-bond donors (Lipinski definition) is 1. The van der Waals surface area contributed by atoms with Crippen LogP contribution in [-0.4, -0.2) is 66.8 Å². The number of benzene rings is 1. The van der Waals surface area contributed by atoms with Crippen molar-refractivity contribution in [3.8, 4) is 0 Å². The van der Waals surface area contributed by atoms with Gasteiger partial charge in [0.1, 0.15) is 0 Å². The van der Waals surface area contributed by atoms with E-state index in [-0.39, 0.29) is 12.0 Å². The van der Waals surface area contributed by atoms with Gasteiger partial charge in [0.05, 0.1) is 12.6 Å². The molecule has 2 aliphatic heterocycles. The molecular formula is C20H28N6O2. The number of tetrazole rings is 1. The molecule has 0 spiro atoms. The van der Waals surface area contributed by atoms with Gasteiger partial charge in [-0.25, -0.2) is 4.68 Å². The van der Waals surface area contributed by atoms with E-state index in [1.54, 1.807) is 4.90 Å². The minimum atomic E-state index is -0.376. The number of piperidine rings is 1. The molecule has 0 aliphatic carbocycles. The fraction of sp³-hybridized carbons (Fsp3) is 0.600. The van der Waals surface area contributed by atoms with Crippen LogP contribution >= 0.6 is 0 Å². The summed E-state index contributed by atoms with van der Waals surface area (Å²) in [5.41, 5.74) is 2.81. The average molecular weight is 384 g/mol. The highest BCUT2D eigenvalue weighted by Crippen LogP contribution is 2.19. The molecule has 1 aromatic heterocycles. The lowest BCUT2D eigenvalue weighted by Gasteiger charge is -2.30. The summed E-state index contributed by atoms with van der Waals surface area (Å²) >= 11 is 0.